The van der Waals surface area contributed by atoms with E-state index in [1.54, 1.807) is 6.20 Å². The van der Waals surface area contributed by atoms with E-state index in [-0.39, 0.29) is 13.1 Å². The summed E-state index contributed by atoms with van der Waals surface area (Å²) in [5, 5.41) is 3.79. The molecule has 1 spiro atoms. The first-order valence-corrected chi connectivity index (χ1v) is 6.27. The number of anilines is 1. The summed E-state index contributed by atoms with van der Waals surface area (Å²) >= 11 is 0. The normalized spacial score (nSPS) is 29.1. The van der Waals surface area contributed by atoms with Crippen LogP contribution >= 0.6 is 0 Å². The van der Waals surface area contributed by atoms with Gasteiger partial charge in [0.05, 0.1) is 11.9 Å². The number of rotatable bonds is 1. The molecule has 19 heavy (non-hydrogen) atoms. The molecular weight excluding hydrogens is 252 g/mol. The van der Waals surface area contributed by atoms with E-state index >= 15 is 0 Å². The van der Waals surface area contributed by atoms with Crippen LogP contribution in [-0.4, -0.2) is 46.0 Å². The average Bonchev–Trinajstić information content (AvgIpc) is 3.05. The van der Waals surface area contributed by atoms with E-state index in [2.05, 4.69) is 20.3 Å². The van der Waals surface area contributed by atoms with E-state index in [4.69, 9.17) is 0 Å². The summed E-state index contributed by atoms with van der Waals surface area (Å²) < 4.78 is 27.4. The van der Waals surface area contributed by atoms with Crippen LogP contribution in [0.1, 0.15) is 6.42 Å². The minimum atomic E-state index is -2.62. The van der Waals surface area contributed by atoms with Gasteiger partial charge in [-0.1, -0.05) is 0 Å². The van der Waals surface area contributed by atoms with E-state index in [1.165, 1.54) is 6.33 Å². The monoisotopic (exact) mass is 265 g/mol. The second kappa shape index (κ2) is 3.41. The maximum atomic E-state index is 13.7. The minimum Gasteiger partial charge on any atom is -0.354 e. The van der Waals surface area contributed by atoms with Crippen molar-refractivity contribution in [1.82, 2.24) is 20.3 Å². The van der Waals surface area contributed by atoms with Crippen LogP contribution < -0.4 is 10.2 Å². The summed E-state index contributed by atoms with van der Waals surface area (Å²) in [4.78, 5) is 13.3. The number of halogens is 2. The molecule has 2 fully saturated rings. The SMILES string of the molecule is FC1(F)CNC12CCN(c1ncnc3[nH]ccc13)C2. The molecule has 0 aromatic carbocycles. The van der Waals surface area contributed by atoms with Gasteiger partial charge in [-0.05, 0) is 12.5 Å². The van der Waals surface area contributed by atoms with Gasteiger partial charge < -0.3 is 9.88 Å². The molecule has 0 aliphatic carbocycles. The van der Waals surface area contributed by atoms with Crippen molar-refractivity contribution >= 4 is 16.9 Å². The first-order valence-electron chi connectivity index (χ1n) is 6.27. The van der Waals surface area contributed by atoms with E-state index in [9.17, 15) is 8.78 Å². The van der Waals surface area contributed by atoms with Gasteiger partial charge in [0.2, 0.25) is 0 Å². The average molecular weight is 265 g/mol. The Morgan fingerprint density at radius 2 is 2.21 bits per heavy atom. The fraction of sp³-hybridized carbons (Fsp3) is 0.500. The molecule has 2 aliphatic heterocycles. The zero-order valence-corrected chi connectivity index (χ0v) is 10.2. The van der Waals surface area contributed by atoms with Crippen LogP contribution in [0.3, 0.4) is 0 Å². The number of aromatic nitrogens is 3. The van der Waals surface area contributed by atoms with Crippen molar-refractivity contribution in [3.05, 3.63) is 18.6 Å². The lowest BCUT2D eigenvalue weighted by molar-refractivity contribution is -0.145. The molecule has 100 valence electrons. The van der Waals surface area contributed by atoms with Gasteiger partial charge in [-0.3, -0.25) is 5.32 Å². The zero-order valence-electron chi connectivity index (χ0n) is 10.2. The summed E-state index contributed by atoms with van der Waals surface area (Å²) in [5.74, 6) is -1.89. The molecule has 0 saturated carbocycles. The van der Waals surface area contributed by atoms with Crippen molar-refractivity contribution in [2.24, 2.45) is 0 Å². The van der Waals surface area contributed by atoms with E-state index in [0.29, 0.717) is 13.0 Å². The summed E-state index contributed by atoms with van der Waals surface area (Å²) in [6.45, 7) is 0.654. The van der Waals surface area contributed by atoms with Crippen LogP contribution in [0.25, 0.3) is 11.0 Å². The summed E-state index contributed by atoms with van der Waals surface area (Å²) in [5.41, 5.74) is -0.333. The predicted octanol–water partition coefficient (Wildman–Crippen LogP) is 1.15. The van der Waals surface area contributed by atoms with Crippen LogP contribution in [0.4, 0.5) is 14.6 Å². The number of H-pyrrole nitrogens is 1. The molecule has 2 aliphatic rings. The first-order chi connectivity index (χ1) is 9.11. The molecule has 0 amide bonds. The van der Waals surface area contributed by atoms with Gasteiger partial charge in [0.25, 0.3) is 5.92 Å². The van der Waals surface area contributed by atoms with Gasteiger partial charge in [0, 0.05) is 19.3 Å². The second-order valence-electron chi connectivity index (χ2n) is 5.25. The Morgan fingerprint density at radius 1 is 1.32 bits per heavy atom. The smallest absolute Gasteiger partial charge is 0.279 e. The van der Waals surface area contributed by atoms with Crippen molar-refractivity contribution in [3.63, 3.8) is 0 Å². The third-order valence-corrected chi connectivity index (χ3v) is 4.25. The molecule has 2 N–H and O–H groups in total. The molecule has 4 rings (SSSR count). The molecule has 0 bridgehead atoms. The molecule has 1 unspecified atom stereocenters. The third kappa shape index (κ3) is 1.36. The van der Waals surface area contributed by atoms with Gasteiger partial charge in [-0.25, -0.2) is 18.7 Å². The molecule has 2 aromatic heterocycles. The molecule has 2 aromatic rings. The number of nitrogens with one attached hydrogen (secondary N) is 2. The number of nitrogens with zero attached hydrogens (tertiary/aromatic N) is 3. The summed E-state index contributed by atoms with van der Waals surface area (Å²) in [6, 6.07) is 1.88. The number of aromatic amines is 1. The zero-order chi connectivity index (χ0) is 13.1. The molecule has 7 heteroatoms. The van der Waals surface area contributed by atoms with Gasteiger partial charge in [0.15, 0.2) is 0 Å². The Morgan fingerprint density at radius 3 is 2.89 bits per heavy atom. The molecule has 1 atom stereocenters. The Bertz CT molecular complexity index is 640. The number of alkyl halides is 2. The number of fused-ring (bicyclic) bond motifs is 1. The second-order valence-corrected chi connectivity index (χ2v) is 5.25. The highest BCUT2D eigenvalue weighted by Gasteiger charge is 2.64. The van der Waals surface area contributed by atoms with Crippen LogP contribution in [0.2, 0.25) is 0 Å². The number of hydrogen-bond acceptors (Lipinski definition) is 4. The molecule has 0 radical (unpaired) electrons. The van der Waals surface area contributed by atoms with Gasteiger partial charge in [0.1, 0.15) is 23.3 Å². The Kier molecular flexibility index (Phi) is 1.99. The lowest BCUT2D eigenvalue weighted by Gasteiger charge is -2.47. The maximum absolute atomic E-state index is 13.7. The van der Waals surface area contributed by atoms with Crippen molar-refractivity contribution in [1.29, 1.82) is 0 Å². The largest absolute Gasteiger partial charge is 0.354 e. The Labute approximate surface area is 108 Å². The van der Waals surface area contributed by atoms with Crippen LogP contribution in [-0.2, 0) is 0 Å². The highest BCUT2D eigenvalue weighted by molar-refractivity contribution is 5.87. The summed E-state index contributed by atoms with van der Waals surface area (Å²) in [6.07, 6.45) is 3.69. The first kappa shape index (κ1) is 11.1. The Hall–Kier alpha value is -1.76. The maximum Gasteiger partial charge on any atom is 0.279 e. The van der Waals surface area contributed by atoms with Gasteiger partial charge in [-0.15, -0.1) is 0 Å². The quantitative estimate of drug-likeness (QED) is 0.812. The highest BCUT2D eigenvalue weighted by Crippen LogP contribution is 2.44. The fourth-order valence-electron chi connectivity index (χ4n) is 3.02. The van der Waals surface area contributed by atoms with E-state index in [1.807, 2.05) is 11.0 Å². The lowest BCUT2D eigenvalue weighted by atomic mass is 9.83. The molecule has 4 heterocycles. The minimum absolute atomic E-state index is 0.218. The highest BCUT2D eigenvalue weighted by atomic mass is 19.3. The molecule has 2 saturated heterocycles. The standard InChI is InChI=1S/C12H13F2N5/c13-12(14)5-18-11(12)2-4-19(6-11)10-8-1-3-15-9(8)16-7-17-10/h1,3,7,18H,2,4-6H2,(H,15,16,17). The third-order valence-electron chi connectivity index (χ3n) is 4.25. The topological polar surface area (TPSA) is 56.8 Å². The van der Waals surface area contributed by atoms with Crippen molar-refractivity contribution in [2.45, 2.75) is 17.9 Å². The van der Waals surface area contributed by atoms with Crippen molar-refractivity contribution in [3.8, 4) is 0 Å². The van der Waals surface area contributed by atoms with E-state index in [0.717, 1.165) is 16.9 Å². The van der Waals surface area contributed by atoms with Gasteiger partial charge >= 0.3 is 0 Å². The molecular formula is C12H13F2N5. The van der Waals surface area contributed by atoms with Crippen molar-refractivity contribution < 1.29 is 8.78 Å². The van der Waals surface area contributed by atoms with Crippen molar-refractivity contribution in [2.75, 3.05) is 24.5 Å². The van der Waals surface area contributed by atoms with Crippen LogP contribution in [0.15, 0.2) is 18.6 Å². The van der Waals surface area contributed by atoms with Crippen LogP contribution in [0, 0.1) is 0 Å². The Balaban J connectivity index is 1.70. The van der Waals surface area contributed by atoms with Gasteiger partial charge in [-0.2, -0.15) is 0 Å². The fourth-order valence-corrected chi connectivity index (χ4v) is 3.02. The lowest BCUT2D eigenvalue weighted by Crippen LogP contribution is -2.74. The summed E-state index contributed by atoms with van der Waals surface area (Å²) in [7, 11) is 0. The number of hydrogen-bond donors (Lipinski definition) is 2. The van der Waals surface area contributed by atoms with Crippen LogP contribution in [0.5, 0.6) is 0 Å². The predicted molar refractivity (Wildman–Crippen MR) is 66.4 cm³/mol. The molecule has 5 nitrogen and oxygen atoms in total. The van der Waals surface area contributed by atoms with E-state index < -0.39 is 11.5 Å².